The molecule has 0 radical (unpaired) electrons. The maximum Gasteiger partial charge on any atom is 0.326 e. The zero-order valence-electron chi connectivity index (χ0n) is 21.8. The molecular formula is C26H40N6O6. The SMILES string of the molecule is N[C@@H](CC1CCCCC1)C(=O)NCC(=O)NCC(=O)N(C(=O)c1ncc[nH]1)[C@@H](CC1CCCCC1)C(=O)O. The summed E-state index contributed by atoms with van der Waals surface area (Å²) < 4.78 is 0. The van der Waals surface area contributed by atoms with Gasteiger partial charge >= 0.3 is 5.97 Å². The van der Waals surface area contributed by atoms with Gasteiger partial charge in [0.1, 0.15) is 6.04 Å². The van der Waals surface area contributed by atoms with Crippen LogP contribution in [0, 0.1) is 11.8 Å². The second-order valence-corrected chi connectivity index (χ2v) is 10.4. The molecule has 0 spiro atoms. The van der Waals surface area contributed by atoms with Crippen molar-refractivity contribution < 1.29 is 29.1 Å². The maximum absolute atomic E-state index is 13.1. The molecule has 0 aromatic carbocycles. The van der Waals surface area contributed by atoms with E-state index in [4.69, 9.17) is 5.73 Å². The summed E-state index contributed by atoms with van der Waals surface area (Å²) in [7, 11) is 0. The lowest BCUT2D eigenvalue weighted by atomic mass is 9.84. The molecule has 2 atom stereocenters. The summed E-state index contributed by atoms with van der Waals surface area (Å²) in [4.78, 5) is 70.2. The summed E-state index contributed by atoms with van der Waals surface area (Å²) in [5.41, 5.74) is 6.01. The van der Waals surface area contributed by atoms with Crippen molar-refractivity contribution in [3.63, 3.8) is 0 Å². The Balaban J connectivity index is 1.56. The first kappa shape index (κ1) is 29.3. The third-order valence-electron chi connectivity index (χ3n) is 7.58. The lowest BCUT2D eigenvalue weighted by Gasteiger charge is -2.31. The molecule has 1 heterocycles. The summed E-state index contributed by atoms with van der Waals surface area (Å²) in [6.07, 6.45) is 13.7. The third kappa shape index (κ3) is 8.64. The number of aromatic nitrogens is 2. The Bertz CT molecular complexity index is 955. The molecule has 1 aromatic heterocycles. The summed E-state index contributed by atoms with van der Waals surface area (Å²) in [5.74, 6) is -3.82. The summed E-state index contributed by atoms with van der Waals surface area (Å²) in [6, 6.07) is -2.11. The predicted molar refractivity (Wildman–Crippen MR) is 138 cm³/mol. The Morgan fingerprint density at radius 3 is 2.11 bits per heavy atom. The van der Waals surface area contributed by atoms with Gasteiger partial charge in [0.15, 0.2) is 5.82 Å². The topological polar surface area (TPSA) is 188 Å². The monoisotopic (exact) mass is 532 g/mol. The van der Waals surface area contributed by atoms with Gasteiger partial charge in [-0.15, -0.1) is 0 Å². The minimum absolute atomic E-state index is 0.0761. The predicted octanol–water partition coefficient (Wildman–Crippen LogP) is 1.33. The molecule has 2 fully saturated rings. The normalized spacial score (nSPS) is 18.2. The van der Waals surface area contributed by atoms with E-state index in [2.05, 4.69) is 20.6 Å². The van der Waals surface area contributed by atoms with Gasteiger partial charge in [-0.3, -0.25) is 24.1 Å². The number of carboxylic acid groups (broad SMARTS) is 1. The minimum atomic E-state index is -1.39. The molecule has 2 saturated carbocycles. The van der Waals surface area contributed by atoms with Gasteiger partial charge in [0.25, 0.3) is 5.91 Å². The number of hydrogen-bond acceptors (Lipinski definition) is 7. The Labute approximate surface area is 222 Å². The molecule has 2 aliphatic carbocycles. The van der Waals surface area contributed by atoms with Crippen LogP contribution in [0.5, 0.6) is 0 Å². The van der Waals surface area contributed by atoms with E-state index in [-0.39, 0.29) is 24.7 Å². The fraction of sp³-hybridized carbons (Fsp3) is 0.692. The second kappa shape index (κ2) is 14.6. The standard InChI is InChI=1S/C26H40N6O6/c27-19(13-17-7-3-1-4-8-17)24(35)31-15-21(33)30-16-22(34)32(25(36)23-28-11-12-29-23)20(26(37)38)14-18-9-5-2-6-10-18/h11-12,17-20H,1-10,13-16,27H2,(H,28,29)(H,30,33)(H,31,35)(H,37,38)/t19-,20-/m0/s1. The fourth-order valence-electron chi connectivity index (χ4n) is 5.49. The smallest absolute Gasteiger partial charge is 0.326 e. The van der Waals surface area contributed by atoms with Gasteiger partial charge in [-0.1, -0.05) is 64.2 Å². The van der Waals surface area contributed by atoms with Crippen LogP contribution in [0.4, 0.5) is 0 Å². The molecule has 38 heavy (non-hydrogen) atoms. The zero-order chi connectivity index (χ0) is 27.5. The number of imide groups is 1. The molecule has 210 valence electrons. The molecule has 1 aromatic rings. The highest BCUT2D eigenvalue weighted by Gasteiger charge is 2.38. The average molecular weight is 533 g/mol. The Hall–Kier alpha value is -3.28. The van der Waals surface area contributed by atoms with Crippen LogP contribution in [0.25, 0.3) is 0 Å². The van der Waals surface area contributed by atoms with Gasteiger partial charge in [0.05, 0.1) is 19.1 Å². The van der Waals surface area contributed by atoms with Crippen LogP contribution in [0.15, 0.2) is 12.4 Å². The number of carbonyl (C=O) groups excluding carboxylic acids is 4. The van der Waals surface area contributed by atoms with E-state index in [1.165, 1.54) is 18.8 Å². The molecule has 0 saturated heterocycles. The Morgan fingerprint density at radius 2 is 1.55 bits per heavy atom. The Morgan fingerprint density at radius 1 is 0.947 bits per heavy atom. The number of carboxylic acids is 1. The van der Waals surface area contributed by atoms with Crippen molar-refractivity contribution in [1.29, 1.82) is 0 Å². The zero-order valence-corrected chi connectivity index (χ0v) is 21.8. The molecule has 12 nitrogen and oxygen atoms in total. The van der Waals surface area contributed by atoms with E-state index in [9.17, 15) is 29.1 Å². The van der Waals surface area contributed by atoms with Crippen molar-refractivity contribution in [3.05, 3.63) is 18.2 Å². The number of nitrogens with zero attached hydrogens (tertiary/aromatic N) is 2. The number of rotatable bonds is 12. The van der Waals surface area contributed by atoms with Crippen molar-refractivity contribution in [1.82, 2.24) is 25.5 Å². The number of aromatic amines is 1. The second-order valence-electron chi connectivity index (χ2n) is 10.4. The van der Waals surface area contributed by atoms with Crippen molar-refractivity contribution in [2.24, 2.45) is 17.6 Å². The summed E-state index contributed by atoms with van der Waals surface area (Å²) in [6.45, 7) is -0.995. The van der Waals surface area contributed by atoms with Gasteiger partial charge in [0, 0.05) is 12.4 Å². The minimum Gasteiger partial charge on any atom is -0.480 e. The largest absolute Gasteiger partial charge is 0.480 e. The van der Waals surface area contributed by atoms with Crippen LogP contribution in [0.1, 0.15) is 87.7 Å². The van der Waals surface area contributed by atoms with Gasteiger partial charge in [0.2, 0.25) is 17.7 Å². The van der Waals surface area contributed by atoms with Crippen LogP contribution >= 0.6 is 0 Å². The van der Waals surface area contributed by atoms with Crippen LogP contribution in [0.3, 0.4) is 0 Å². The number of nitrogens with two attached hydrogens (primary N) is 1. The maximum atomic E-state index is 13.1. The first-order valence-corrected chi connectivity index (χ1v) is 13.6. The number of hydrogen-bond donors (Lipinski definition) is 5. The summed E-state index contributed by atoms with van der Waals surface area (Å²) >= 11 is 0. The van der Waals surface area contributed by atoms with Crippen LogP contribution in [-0.4, -0.2) is 74.7 Å². The highest BCUT2D eigenvalue weighted by Crippen LogP contribution is 2.29. The van der Waals surface area contributed by atoms with Crippen molar-refractivity contribution in [3.8, 4) is 0 Å². The van der Waals surface area contributed by atoms with E-state index >= 15 is 0 Å². The van der Waals surface area contributed by atoms with Gasteiger partial charge < -0.3 is 26.5 Å². The molecule has 0 unspecified atom stereocenters. The van der Waals surface area contributed by atoms with E-state index < -0.39 is 48.2 Å². The molecular weight excluding hydrogens is 492 g/mol. The molecule has 3 rings (SSSR count). The Kier molecular flexibility index (Phi) is 11.3. The third-order valence-corrected chi connectivity index (χ3v) is 7.58. The van der Waals surface area contributed by atoms with Crippen molar-refractivity contribution in [2.75, 3.05) is 13.1 Å². The van der Waals surface area contributed by atoms with E-state index in [1.807, 2.05) is 0 Å². The van der Waals surface area contributed by atoms with Crippen LogP contribution in [-0.2, 0) is 19.2 Å². The van der Waals surface area contributed by atoms with Crippen LogP contribution in [0.2, 0.25) is 0 Å². The lowest BCUT2D eigenvalue weighted by molar-refractivity contribution is -0.148. The van der Waals surface area contributed by atoms with Gasteiger partial charge in [-0.05, 0) is 24.7 Å². The summed E-state index contributed by atoms with van der Waals surface area (Å²) in [5, 5.41) is 14.8. The first-order chi connectivity index (χ1) is 18.3. The molecule has 0 aliphatic heterocycles. The number of H-pyrrole nitrogens is 1. The quantitative estimate of drug-likeness (QED) is 0.266. The highest BCUT2D eigenvalue weighted by atomic mass is 16.4. The number of amides is 4. The molecule has 0 bridgehead atoms. The lowest BCUT2D eigenvalue weighted by Crippen LogP contribution is -2.53. The van der Waals surface area contributed by atoms with E-state index in [0.29, 0.717) is 17.2 Å². The van der Waals surface area contributed by atoms with Crippen molar-refractivity contribution >= 4 is 29.6 Å². The fourth-order valence-corrected chi connectivity index (χ4v) is 5.49. The number of aliphatic carboxylic acids is 1. The first-order valence-electron chi connectivity index (χ1n) is 13.6. The average Bonchev–Trinajstić information content (AvgIpc) is 3.46. The van der Waals surface area contributed by atoms with Crippen molar-refractivity contribution in [2.45, 2.75) is 89.1 Å². The molecule has 12 heteroatoms. The number of carbonyl (C=O) groups is 5. The molecule has 6 N–H and O–H groups in total. The highest BCUT2D eigenvalue weighted by molar-refractivity contribution is 6.06. The number of nitrogens with one attached hydrogen (secondary N) is 3. The van der Waals surface area contributed by atoms with Crippen LogP contribution < -0.4 is 16.4 Å². The molecule has 4 amide bonds. The van der Waals surface area contributed by atoms with E-state index in [1.54, 1.807) is 0 Å². The van der Waals surface area contributed by atoms with Gasteiger partial charge in [-0.25, -0.2) is 9.78 Å². The van der Waals surface area contributed by atoms with E-state index in [0.717, 1.165) is 57.8 Å². The molecule has 2 aliphatic rings. The van der Waals surface area contributed by atoms with Gasteiger partial charge in [-0.2, -0.15) is 0 Å². The number of imidazole rings is 1.